The van der Waals surface area contributed by atoms with Crippen LogP contribution in [0.3, 0.4) is 0 Å². The lowest BCUT2D eigenvalue weighted by Crippen LogP contribution is -2.27. The molecule has 0 atom stereocenters. The zero-order valence-electron chi connectivity index (χ0n) is 12.6. The summed E-state index contributed by atoms with van der Waals surface area (Å²) in [6.45, 7) is 2.27. The standard InChI is InChI=1S/C15H14BrN3O2S2/c1-9-3-11(18-21-9)6-19(2)14(20)5-12-8-23-15(17-12)13-4-10(16)7-22-13/h3-4,7-8H,5-6H2,1-2H3. The van der Waals surface area contributed by atoms with Gasteiger partial charge in [0.15, 0.2) is 0 Å². The predicted octanol–water partition coefficient (Wildman–Crippen LogP) is 4.13. The van der Waals surface area contributed by atoms with E-state index >= 15 is 0 Å². The molecule has 0 radical (unpaired) electrons. The second-order valence-corrected chi connectivity index (χ2v) is 7.81. The Hall–Kier alpha value is -1.51. The molecule has 3 aromatic heterocycles. The molecule has 5 nitrogen and oxygen atoms in total. The molecule has 0 saturated heterocycles. The monoisotopic (exact) mass is 411 g/mol. The molecule has 0 aliphatic rings. The molecule has 3 heterocycles. The van der Waals surface area contributed by atoms with Crippen LogP contribution in [-0.4, -0.2) is 28.0 Å². The molecule has 0 spiro atoms. The predicted molar refractivity (Wildman–Crippen MR) is 94.5 cm³/mol. The first-order valence-electron chi connectivity index (χ1n) is 6.86. The van der Waals surface area contributed by atoms with Gasteiger partial charge in [0.05, 0.1) is 23.5 Å². The summed E-state index contributed by atoms with van der Waals surface area (Å²) in [6, 6.07) is 3.87. The number of aryl methyl sites for hydroxylation is 1. The molecule has 1 amide bonds. The van der Waals surface area contributed by atoms with Crippen molar-refractivity contribution in [3.8, 4) is 9.88 Å². The molecule has 0 saturated carbocycles. The minimum Gasteiger partial charge on any atom is -0.361 e. The van der Waals surface area contributed by atoms with Crippen LogP contribution < -0.4 is 0 Å². The van der Waals surface area contributed by atoms with Gasteiger partial charge in [0, 0.05) is 28.3 Å². The topological polar surface area (TPSA) is 59.2 Å². The Labute approximate surface area is 150 Å². The van der Waals surface area contributed by atoms with E-state index in [4.69, 9.17) is 4.52 Å². The van der Waals surface area contributed by atoms with Crippen LogP contribution in [-0.2, 0) is 17.8 Å². The minimum atomic E-state index is 0.00913. The van der Waals surface area contributed by atoms with Gasteiger partial charge in [-0.3, -0.25) is 4.79 Å². The van der Waals surface area contributed by atoms with E-state index in [9.17, 15) is 4.79 Å². The summed E-state index contributed by atoms with van der Waals surface area (Å²) in [5, 5.41) is 8.81. The molecule has 0 fully saturated rings. The molecule has 0 aliphatic heterocycles. The number of amides is 1. The fourth-order valence-corrected chi connectivity index (χ4v) is 4.37. The third-order valence-electron chi connectivity index (χ3n) is 3.16. The summed E-state index contributed by atoms with van der Waals surface area (Å²) in [6.07, 6.45) is 0.288. The molecule has 0 aromatic carbocycles. The second-order valence-electron chi connectivity index (χ2n) is 5.13. The van der Waals surface area contributed by atoms with Crippen molar-refractivity contribution in [2.24, 2.45) is 0 Å². The Bertz CT molecular complexity index is 824. The Morgan fingerprint density at radius 3 is 2.78 bits per heavy atom. The Balaban J connectivity index is 1.62. The fourth-order valence-electron chi connectivity index (χ4n) is 2.04. The van der Waals surface area contributed by atoms with E-state index in [2.05, 4.69) is 26.1 Å². The maximum absolute atomic E-state index is 12.3. The Morgan fingerprint density at radius 2 is 2.13 bits per heavy atom. The van der Waals surface area contributed by atoms with Crippen molar-refractivity contribution < 1.29 is 9.32 Å². The molecule has 0 unspecified atom stereocenters. The third kappa shape index (κ3) is 4.07. The van der Waals surface area contributed by atoms with Crippen molar-refractivity contribution in [1.82, 2.24) is 15.0 Å². The van der Waals surface area contributed by atoms with Gasteiger partial charge in [-0.15, -0.1) is 22.7 Å². The van der Waals surface area contributed by atoms with Gasteiger partial charge in [0.1, 0.15) is 16.5 Å². The molecule has 8 heteroatoms. The zero-order chi connectivity index (χ0) is 16.4. The molecule has 0 aliphatic carbocycles. The van der Waals surface area contributed by atoms with E-state index in [0.29, 0.717) is 6.54 Å². The third-order valence-corrected chi connectivity index (χ3v) is 5.92. The van der Waals surface area contributed by atoms with Crippen LogP contribution >= 0.6 is 38.6 Å². The maximum atomic E-state index is 12.3. The highest BCUT2D eigenvalue weighted by Crippen LogP contribution is 2.32. The van der Waals surface area contributed by atoms with Gasteiger partial charge in [-0.2, -0.15) is 0 Å². The number of carbonyl (C=O) groups is 1. The van der Waals surface area contributed by atoms with Gasteiger partial charge < -0.3 is 9.42 Å². The van der Waals surface area contributed by atoms with Crippen molar-refractivity contribution >= 4 is 44.5 Å². The lowest BCUT2D eigenvalue weighted by atomic mass is 10.3. The summed E-state index contributed by atoms with van der Waals surface area (Å²) in [5.74, 6) is 0.752. The van der Waals surface area contributed by atoms with Crippen molar-refractivity contribution in [2.75, 3.05) is 7.05 Å². The van der Waals surface area contributed by atoms with Crippen LogP contribution in [0.4, 0.5) is 0 Å². The van der Waals surface area contributed by atoms with Crippen molar-refractivity contribution in [3.05, 3.63) is 44.5 Å². The largest absolute Gasteiger partial charge is 0.361 e. The van der Waals surface area contributed by atoms with Crippen molar-refractivity contribution in [1.29, 1.82) is 0 Å². The van der Waals surface area contributed by atoms with Crippen LogP contribution in [0.25, 0.3) is 9.88 Å². The van der Waals surface area contributed by atoms with Gasteiger partial charge in [-0.05, 0) is 28.9 Å². The SMILES string of the molecule is Cc1cc(CN(C)C(=O)Cc2csc(-c3cc(Br)cs3)n2)no1. The van der Waals surface area contributed by atoms with E-state index in [0.717, 1.165) is 31.5 Å². The average molecular weight is 412 g/mol. The normalized spacial score (nSPS) is 10.9. The van der Waals surface area contributed by atoms with E-state index < -0.39 is 0 Å². The van der Waals surface area contributed by atoms with E-state index in [1.165, 1.54) is 0 Å². The summed E-state index contributed by atoms with van der Waals surface area (Å²) >= 11 is 6.63. The molecule has 0 bridgehead atoms. The summed E-state index contributed by atoms with van der Waals surface area (Å²) in [5.41, 5.74) is 1.54. The number of hydrogen-bond donors (Lipinski definition) is 0. The van der Waals surface area contributed by atoms with Crippen molar-refractivity contribution in [3.63, 3.8) is 0 Å². The van der Waals surface area contributed by atoms with Crippen LogP contribution in [0.5, 0.6) is 0 Å². The highest BCUT2D eigenvalue weighted by molar-refractivity contribution is 9.10. The van der Waals surface area contributed by atoms with Crippen LogP contribution in [0.2, 0.25) is 0 Å². The second kappa shape index (κ2) is 6.94. The lowest BCUT2D eigenvalue weighted by molar-refractivity contribution is -0.129. The fraction of sp³-hybridized carbons (Fsp3) is 0.267. The first-order valence-corrected chi connectivity index (χ1v) is 9.41. The molecule has 0 N–H and O–H groups in total. The van der Waals surface area contributed by atoms with Gasteiger partial charge in [-0.1, -0.05) is 5.16 Å². The Kier molecular flexibility index (Phi) is 4.93. The number of nitrogens with zero attached hydrogens (tertiary/aromatic N) is 3. The van der Waals surface area contributed by atoms with Gasteiger partial charge in [-0.25, -0.2) is 4.98 Å². The summed E-state index contributed by atoms with van der Waals surface area (Å²) < 4.78 is 6.07. The van der Waals surface area contributed by atoms with Crippen LogP contribution in [0.1, 0.15) is 17.1 Å². The van der Waals surface area contributed by atoms with Crippen molar-refractivity contribution in [2.45, 2.75) is 19.9 Å². The van der Waals surface area contributed by atoms with Crippen LogP contribution in [0, 0.1) is 6.92 Å². The van der Waals surface area contributed by atoms with E-state index in [1.807, 2.05) is 29.8 Å². The smallest absolute Gasteiger partial charge is 0.228 e. The first-order chi connectivity index (χ1) is 11.0. The molecule has 3 rings (SSSR count). The number of carbonyl (C=O) groups excluding carboxylic acids is 1. The summed E-state index contributed by atoms with van der Waals surface area (Å²) in [7, 11) is 1.76. The zero-order valence-corrected chi connectivity index (χ0v) is 15.8. The number of hydrogen-bond acceptors (Lipinski definition) is 6. The lowest BCUT2D eigenvalue weighted by Gasteiger charge is -2.14. The van der Waals surface area contributed by atoms with Gasteiger partial charge in [0.2, 0.25) is 5.91 Å². The van der Waals surface area contributed by atoms with E-state index in [1.54, 1.807) is 34.6 Å². The van der Waals surface area contributed by atoms with Gasteiger partial charge in [0.25, 0.3) is 0 Å². The average Bonchev–Trinajstić information content (AvgIpc) is 3.21. The number of thiophene rings is 1. The summed E-state index contributed by atoms with van der Waals surface area (Å²) in [4.78, 5) is 19.6. The highest BCUT2D eigenvalue weighted by Gasteiger charge is 2.15. The van der Waals surface area contributed by atoms with Gasteiger partial charge >= 0.3 is 0 Å². The molecule has 23 heavy (non-hydrogen) atoms. The number of likely N-dealkylation sites (N-methyl/N-ethyl adjacent to an activating group) is 1. The van der Waals surface area contributed by atoms with E-state index in [-0.39, 0.29) is 12.3 Å². The Morgan fingerprint density at radius 1 is 1.30 bits per heavy atom. The maximum Gasteiger partial charge on any atom is 0.228 e. The molecular weight excluding hydrogens is 398 g/mol. The quantitative estimate of drug-likeness (QED) is 0.632. The number of rotatable bonds is 5. The van der Waals surface area contributed by atoms with Crippen LogP contribution in [0.15, 0.2) is 31.9 Å². The number of thiazole rings is 1. The number of aromatic nitrogens is 2. The highest BCUT2D eigenvalue weighted by atomic mass is 79.9. The molecule has 120 valence electrons. The molecular formula is C15H14BrN3O2S2. The first kappa shape index (κ1) is 16.4. The minimum absolute atomic E-state index is 0.00913. The molecule has 3 aromatic rings. The number of halogens is 1.